The van der Waals surface area contributed by atoms with E-state index in [1.54, 1.807) is 29.2 Å². The highest BCUT2D eigenvalue weighted by atomic mass is 28.3. The third kappa shape index (κ3) is 4.53. The van der Waals surface area contributed by atoms with Gasteiger partial charge < -0.3 is 10.0 Å². The molecule has 0 unspecified atom stereocenters. The maximum atomic E-state index is 15.1. The molecule has 0 spiro atoms. The summed E-state index contributed by atoms with van der Waals surface area (Å²) in [6.45, 7) is 3.50. The van der Waals surface area contributed by atoms with Crippen molar-refractivity contribution < 1.29 is 18.7 Å². The van der Waals surface area contributed by atoms with E-state index in [0.717, 1.165) is 34.7 Å². The van der Waals surface area contributed by atoms with Crippen molar-refractivity contribution in [2.75, 3.05) is 22.9 Å². The van der Waals surface area contributed by atoms with Gasteiger partial charge in [0.25, 0.3) is 0 Å². The molecule has 1 saturated heterocycles. The number of hydrogen-bond acceptors (Lipinski definition) is 2. The normalized spacial score (nSPS) is 15.4. The fourth-order valence-corrected chi connectivity index (χ4v) is 7.75. The number of amides is 1. The molecule has 1 aliphatic rings. The number of rotatable bonds is 5. The Morgan fingerprint density at radius 2 is 1.50 bits per heavy atom. The Balaban J connectivity index is 1.55. The van der Waals surface area contributed by atoms with Gasteiger partial charge in [-0.15, -0.1) is 0 Å². The Morgan fingerprint density at radius 1 is 0.969 bits per heavy atom. The molecule has 1 aliphatic heterocycles. The van der Waals surface area contributed by atoms with Gasteiger partial charge in [0.2, 0.25) is 0 Å². The third-order valence-corrected chi connectivity index (χ3v) is 10.8. The van der Waals surface area contributed by atoms with Gasteiger partial charge in [-0.1, -0.05) is 72.4 Å². The summed E-state index contributed by atoms with van der Waals surface area (Å²) in [5.74, 6) is -1.46. The number of carbonyl (C=O) groups is 1. The maximum Gasteiger partial charge on any atom is 0.412 e. The molecular formula is C25H26F2N2O2Si. The molecule has 1 heterocycles. The second-order valence-electron chi connectivity index (χ2n) is 8.53. The first-order chi connectivity index (χ1) is 15.4. The lowest BCUT2D eigenvalue weighted by Crippen LogP contribution is -2.53. The first-order valence-corrected chi connectivity index (χ1v) is 13.6. The van der Waals surface area contributed by atoms with Gasteiger partial charge in [0.15, 0.2) is 11.6 Å². The van der Waals surface area contributed by atoms with E-state index in [1.807, 2.05) is 24.3 Å². The van der Waals surface area contributed by atoms with Crippen LogP contribution in [0, 0.1) is 11.6 Å². The first kappa shape index (κ1) is 22.0. The van der Waals surface area contributed by atoms with Crippen LogP contribution in [0.5, 0.6) is 0 Å². The monoisotopic (exact) mass is 452 g/mol. The minimum atomic E-state index is -1.68. The Hall–Kier alpha value is -3.19. The molecule has 4 nitrogen and oxygen atoms in total. The fourth-order valence-electron chi connectivity index (χ4n) is 4.40. The molecule has 166 valence electrons. The summed E-state index contributed by atoms with van der Waals surface area (Å²) in [5, 5.41) is 11.0. The van der Waals surface area contributed by atoms with Crippen LogP contribution in [-0.4, -0.2) is 32.4 Å². The van der Waals surface area contributed by atoms with E-state index in [2.05, 4.69) is 18.7 Å². The topological polar surface area (TPSA) is 43.8 Å². The Kier molecular flexibility index (Phi) is 6.28. The van der Waals surface area contributed by atoms with E-state index >= 15 is 8.78 Å². The third-order valence-electron chi connectivity index (χ3n) is 6.38. The zero-order valence-corrected chi connectivity index (χ0v) is 19.0. The summed E-state index contributed by atoms with van der Waals surface area (Å²) in [7, 11) is -1.68. The van der Waals surface area contributed by atoms with E-state index in [1.165, 1.54) is 5.19 Å². The van der Waals surface area contributed by atoms with Crippen molar-refractivity contribution in [2.24, 2.45) is 0 Å². The molecule has 0 bridgehead atoms. The second kappa shape index (κ2) is 9.12. The summed E-state index contributed by atoms with van der Waals surface area (Å²) in [4.78, 5) is 14.5. The molecule has 1 N–H and O–H groups in total. The van der Waals surface area contributed by atoms with Gasteiger partial charge in [0.1, 0.15) is 5.69 Å². The van der Waals surface area contributed by atoms with Gasteiger partial charge in [0, 0.05) is 25.2 Å². The van der Waals surface area contributed by atoms with Crippen molar-refractivity contribution >= 4 is 30.7 Å². The molecule has 0 atom stereocenters. The van der Waals surface area contributed by atoms with E-state index < -0.39 is 25.8 Å². The minimum Gasteiger partial charge on any atom is -0.465 e. The largest absolute Gasteiger partial charge is 0.465 e. The highest BCUT2D eigenvalue weighted by molar-refractivity contribution is 6.91. The molecule has 4 rings (SSSR count). The molecule has 0 saturated carbocycles. The van der Waals surface area contributed by atoms with Crippen LogP contribution in [0.3, 0.4) is 0 Å². The van der Waals surface area contributed by atoms with Gasteiger partial charge in [-0.3, -0.25) is 4.90 Å². The van der Waals surface area contributed by atoms with Gasteiger partial charge in [-0.05, 0) is 17.7 Å². The van der Waals surface area contributed by atoms with Gasteiger partial charge in [-0.2, -0.15) is 0 Å². The van der Waals surface area contributed by atoms with Crippen molar-refractivity contribution in [1.29, 1.82) is 0 Å². The van der Waals surface area contributed by atoms with Crippen molar-refractivity contribution in [3.8, 4) is 0 Å². The summed E-state index contributed by atoms with van der Waals surface area (Å²) < 4.78 is 30.2. The molecule has 1 amide bonds. The van der Waals surface area contributed by atoms with Crippen molar-refractivity contribution in [1.82, 2.24) is 0 Å². The predicted octanol–water partition coefficient (Wildman–Crippen LogP) is 5.46. The van der Waals surface area contributed by atoms with Gasteiger partial charge in [0.05, 0.1) is 20.3 Å². The van der Waals surface area contributed by atoms with Crippen LogP contribution in [0.25, 0.3) is 0 Å². The quantitative estimate of drug-likeness (QED) is 0.523. The van der Waals surface area contributed by atoms with Crippen LogP contribution < -0.4 is 15.0 Å². The molecule has 0 aliphatic carbocycles. The predicted molar refractivity (Wildman–Crippen MR) is 127 cm³/mol. The van der Waals surface area contributed by atoms with E-state index in [0.29, 0.717) is 13.1 Å². The van der Waals surface area contributed by atoms with Crippen LogP contribution >= 0.6 is 0 Å². The lowest BCUT2D eigenvalue weighted by atomic mass is 10.1. The van der Waals surface area contributed by atoms with E-state index in [9.17, 15) is 9.90 Å². The number of anilines is 2. The summed E-state index contributed by atoms with van der Waals surface area (Å²) in [5.41, 5.74) is 0.657. The molecule has 3 aromatic carbocycles. The molecule has 3 aromatic rings. The van der Waals surface area contributed by atoms with E-state index in [4.69, 9.17) is 0 Å². The summed E-state index contributed by atoms with van der Waals surface area (Å²) in [6.07, 6.45) is -1.26. The number of carboxylic acid groups (broad SMARTS) is 1. The molecule has 7 heteroatoms. The average molecular weight is 453 g/mol. The molecule has 32 heavy (non-hydrogen) atoms. The zero-order chi connectivity index (χ0) is 22.7. The van der Waals surface area contributed by atoms with Crippen LogP contribution in [-0.2, 0) is 6.54 Å². The Morgan fingerprint density at radius 3 is 2.03 bits per heavy atom. The standard InChI is InChI=1S/C25H26F2N2O2Si/c1-32(21-10-6-3-7-11-21)14-12-28(13-15-32)24-22(26)16-20(17-23(24)27)29(25(30)31)18-19-8-4-2-5-9-19/h2-11,16-17H,12-15,18H2,1H3,(H,30,31). The summed E-state index contributed by atoms with van der Waals surface area (Å²) >= 11 is 0. The van der Waals surface area contributed by atoms with Crippen molar-refractivity contribution in [2.45, 2.75) is 25.2 Å². The molecule has 0 aromatic heterocycles. The molecule has 0 radical (unpaired) electrons. The maximum absolute atomic E-state index is 15.1. The highest BCUT2D eigenvalue weighted by Crippen LogP contribution is 2.33. The Bertz CT molecular complexity index is 1060. The van der Waals surface area contributed by atoms with Crippen molar-refractivity contribution in [3.05, 3.63) is 90.0 Å². The first-order valence-electron chi connectivity index (χ1n) is 10.7. The zero-order valence-electron chi connectivity index (χ0n) is 18.0. The minimum absolute atomic E-state index is 0.0130. The molecular weight excluding hydrogens is 426 g/mol. The average Bonchev–Trinajstić information content (AvgIpc) is 2.79. The van der Waals surface area contributed by atoms with Gasteiger partial charge in [-0.25, -0.2) is 13.6 Å². The van der Waals surface area contributed by atoms with E-state index in [-0.39, 0.29) is 17.9 Å². The van der Waals surface area contributed by atoms with Crippen LogP contribution in [0.15, 0.2) is 72.8 Å². The number of halogens is 2. The number of nitrogens with zero attached hydrogens (tertiary/aromatic N) is 2. The molecule has 1 fully saturated rings. The summed E-state index contributed by atoms with van der Waals surface area (Å²) in [6, 6.07) is 23.4. The Labute approximate surface area is 187 Å². The lowest BCUT2D eigenvalue weighted by Gasteiger charge is -2.39. The smallest absolute Gasteiger partial charge is 0.412 e. The lowest BCUT2D eigenvalue weighted by molar-refractivity contribution is 0.201. The second-order valence-corrected chi connectivity index (χ2v) is 13.2. The van der Waals surface area contributed by atoms with Crippen LogP contribution in [0.1, 0.15) is 5.56 Å². The van der Waals surface area contributed by atoms with Gasteiger partial charge >= 0.3 is 6.09 Å². The highest BCUT2D eigenvalue weighted by Gasteiger charge is 2.35. The van der Waals surface area contributed by atoms with Crippen LogP contribution in [0.4, 0.5) is 25.0 Å². The number of benzene rings is 3. The van der Waals surface area contributed by atoms with Crippen molar-refractivity contribution in [3.63, 3.8) is 0 Å². The number of hydrogen-bond donors (Lipinski definition) is 1. The van der Waals surface area contributed by atoms with Crippen LogP contribution in [0.2, 0.25) is 18.6 Å². The SMILES string of the molecule is C[Si]1(c2ccccc2)CCN(c2c(F)cc(N(Cc3ccccc3)C(=O)O)cc2F)CC1. The fraction of sp³-hybridized carbons (Fsp3) is 0.240.